The molecule has 0 radical (unpaired) electrons. The van der Waals surface area contributed by atoms with Crippen molar-refractivity contribution < 1.29 is 9.18 Å². The number of amides is 1. The molecule has 2 heterocycles. The average molecular weight is 297 g/mol. The monoisotopic (exact) mass is 296 g/mol. The molecule has 0 saturated carbocycles. The molecule has 3 rings (SSSR count). The normalized spacial score (nSPS) is 28.4. The van der Waals surface area contributed by atoms with Crippen molar-refractivity contribution in [2.75, 3.05) is 0 Å². The quantitative estimate of drug-likeness (QED) is 0.899. The van der Waals surface area contributed by atoms with Gasteiger partial charge >= 0.3 is 0 Å². The van der Waals surface area contributed by atoms with E-state index in [2.05, 4.69) is 10.6 Å². The molecule has 2 aliphatic heterocycles. The van der Waals surface area contributed by atoms with Crippen LogP contribution in [0.4, 0.5) is 4.39 Å². The summed E-state index contributed by atoms with van der Waals surface area (Å²) in [6, 6.07) is 5.74. The smallest absolute Gasteiger partial charge is 0.224 e. The van der Waals surface area contributed by atoms with Crippen molar-refractivity contribution in [3.05, 3.63) is 34.6 Å². The zero-order valence-corrected chi connectivity index (χ0v) is 11.9. The van der Waals surface area contributed by atoms with Crippen molar-refractivity contribution in [1.82, 2.24) is 10.6 Å². The van der Waals surface area contributed by atoms with Crippen LogP contribution in [0.25, 0.3) is 0 Å². The highest BCUT2D eigenvalue weighted by Crippen LogP contribution is 2.27. The van der Waals surface area contributed by atoms with E-state index in [1.165, 1.54) is 18.9 Å². The van der Waals surface area contributed by atoms with Crippen molar-refractivity contribution in [2.45, 2.75) is 50.2 Å². The van der Waals surface area contributed by atoms with Gasteiger partial charge in [-0.2, -0.15) is 0 Å². The molecule has 108 valence electrons. The Bertz CT molecular complexity index is 490. The van der Waals surface area contributed by atoms with Gasteiger partial charge in [0.2, 0.25) is 5.91 Å². The van der Waals surface area contributed by atoms with Crippen LogP contribution in [0, 0.1) is 5.82 Å². The lowest BCUT2D eigenvalue weighted by Crippen LogP contribution is -2.48. The number of rotatable bonds is 3. The molecule has 2 aliphatic rings. The number of carbonyl (C=O) groups excluding carboxylic acids is 1. The van der Waals surface area contributed by atoms with Gasteiger partial charge in [0.15, 0.2) is 0 Å². The Morgan fingerprint density at radius 1 is 1.35 bits per heavy atom. The van der Waals surface area contributed by atoms with E-state index in [-0.39, 0.29) is 23.9 Å². The maximum absolute atomic E-state index is 13.6. The van der Waals surface area contributed by atoms with Crippen molar-refractivity contribution in [3.63, 3.8) is 0 Å². The lowest BCUT2D eigenvalue weighted by molar-refractivity contribution is -0.121. The Morgan fingerprint density at radius 3 is 2.70 bits per heavy atom. The SMILES string of the molecule is O=C(Cc1c(F)cccc1Cl)NC1CC2CCC(C1)N2. The van der Waals surface area contributed by atoms with Crippen LogP contribution in [0.2, 0.25) is 5.02 Å². The van der Waals surface area contributed by atoms with Crippen LogP contribution in [0.3, 0.4) is 0 Å². The fourth-order valence-electron chi connectivity index (χ4n) is 3.32. The summed E-state index contributed by atoms with van der Waals surface area (Å²) < 4.78 is 13.6. The Kier molecular flexibility index (Phi) is 3.94. The zero-order chi connectivity index (χ0) is 14.1. The highest BCUT2D eigenvalue weighted by Gasteiger charge is 2.34. The summed E-state index contributed by atoms with van der Waals surface area (Å²) in [5, 5.41) is 6.86. The van der Waals surface area contributed by atoms with Crippen LogP contribution in [-0.2, 0) is 11.2 Å². The molecule has 2 atom stereocenters. The molecule has 2 fully saturated rings. The molecule has 2 N–H and O–H groups in total. The number of hydrogen-bond donors (Lipinski definition) is 2. The van der Waals surface area contributed by atoms with Gasteiger partial charge in [-0.15, -0.1) is 0 Å². The lowest BCUT2D eigenvalue weighted by atomic mass is 9.99. The number of piperidine rings is 1. The topological polar surface area (TPSA) is 41.1 Å². The highest BCUT2D eigenvalue weighted by molar-refractivity contribution is 6.31. The Balaban J connectivity index is 1.60. The molecular weight excluding hydrogens is 279 g/mol. The summed E-state index contributed by atoms with van der Waals surface area (Å²) in [6.07, 6.45) is 4.32. The summed E-state index contributed by atoms with van der Waals surface area (Å²) in [5.41, 5.74) is 0.281. The summed E-state index contributed by atoms with van der Waals surface area (Å²) >= 11 is 5.94. The van der Waals surface area contributed by atoms with Crippen LogP contribution in [0.1, 0.15) is 31.2 Å². The number of nitrogens with one attached hydrogen (secondary N) is 2. The molecule has 0 spiro atoms. The van der Waals surface area contributed by atoms with Gasteiger partial charge in [0.1, 0.15) is 5.82 Å². The number of hydrogen-bond acceptors (Lipinski definition) is 2. The van der Waals surface area contributed by atoms with Gasteiger partial charge in [-0.05, 0) is 37.8 Å². The first kappa shape index (κ1) is 13.8. The minimum Gasteiger partial charge on any atom is -0.353 e. The molecule has 1 amide bonds. The van der Waals surface area contributed by atoms with Gasteiger partial charge in [0, 0.05) is 28.7 Å². The van der Waals surface area contributed by atoms with Crippen LogP contribution >= 0.6 is 11.6 Å². The van der Waals surface area contributed by atoms with Gasteiger partial charge in [-0.25, -0.2) is 4.39 Å². The van der Waals surface area contributed by atoms with Gasteiger partial charge < -0.3 is 10.6 Å². The molecule has 0 aromatic heterocycles. The fraction of sp³-hybridized carbons (Fsp3) is 0.533. The first-order chi connectivity index (χ1) is 9.61. The van der Waals surface area contributed by atoms with Gasteiger partial charge in [0.05, 0.1) is 6.42 Å². The molecule has 0 aliphatic carbocycles. The number of halogens is 2. The first-order valence-corrected chi connectivity index (χ1v) is 7.48. The maximum Gasteiger partial charge on any atom is 0.224 e. The second-order valence-corrected chi connectivity index (χ2v) is 6.16. The largest absolute Gasteiger partial charge is 0.353 e. The van der Waals surface area contributed by atoms with Crippen molar-refractivity contribution in [2.24, 2.45) is 0 Å². The van der Waals surface area contributed by atoms with E-state index in [1.807, 2.05) is 0 Å². The summed E-state index contributed by atoms with van der Waals surface area (Å²) in [7, 11) is 0. The van der Waals surface area contributed by atoms with Crippen LogP contribution in [-0.4, -0.2) is 24.0 Å². The Labute approximate surface area is 122 Å². The van der Waals surface area contributed by atoms with E-state index in [4.69, 9.17) is 11.6 Å². The average Bonchev–Trinajstić information content (AvgIpc) is 2.73. The lowest BCUT2D eigenvalue weighted by Gasteiger charge is -2.29. The molecule has 2 saturated heterocycles. The summed E-state index contributed by atoms with van der Waals surface area (Å²) in [5.74, 6) is -0.568. The molecule has 5 heteroatoms. The first-order valence-electron chi connectivity index (χ1n) is 7.10. The second kappa shape index (κ2) is 5.70. The van der Waals surface area contributed by atoms with Crippen molar-refractivity contribution in [3.8, 4) is 0 Å². The van der Waals surface area contributed by atoms with Gasteiger partial charge in [0.25, 0.3) is 0 Å². The van der Waals surface area contributed by atoms with E-state index in [9.17, 15) is 9.18 Å². The van der Waals surface area contributed by atoms with Crippen LogP contribution in [0.15, 0.2) is 18.2 Å². The highest BCUT2D eigenvalue weighted by atomic mass is 35.5. The third kappa shape index (κ3) is 2.96. The fourth-order valence-corrected chi connectivity index (χ4v) is 3.55. The number of carbonyl (C=O) groups is 1. The molecule has 1 aromatic carbocycles. The minimum absolute atomic E-state index is 0.00473. The maximum atomic E-state index is 13.6. The number of benzene rings is 1. The van der Waals surface area contributed by atoms with Gasteiger partial charge in [-0.1, -0.05) is 17.7 Å². The van der Waals surface area contributed by atoms with E-state index in [1.54, 1.807) is 12.1 Å². The standard InChI is InChI=1S/C15H18ClFN2O/c16-13-2-1-3-14(17)12(13)8-15(20)19-11-6-9-4-5-10(7-11)18-9/h1-3,9-11,18H,4-8H2,(H,19,20). The van der Waals surface area contributed by atoms with Crippen LogP contribution < -0.4 is 10.6 Å². The third-order valence-corrected chi connectivity index (χ3v) is 4.59. The van der Waals surface area contributed by atoms with E-state index in [0.717, 1.165) is 12.8 Å². The van der Waals surface area contributed by atoms with Crippen molar-refractivity contribution in [1.29, 1.82) is 0 Å². The number of fused-ring (bicyclic) bond motifs is 2. The molecule has 2 unspecified atom stereocenters. The third-order valence-electron chi connectivity index (χ3n) is 4.24. The Morgan fingerprint density at radius 2 is 2.05 bits per heavy atom. The molecule has 2 bridgehead atoms. The van der Waals surface area contributed by atoms with Crippen molar-refractivity contribution >= 4 is 17.5 Å². The predicted molar refractivity (Wildman–Crippen MR) is 76.2 cm³/mol. The Hall–Kier alpha value is -1.13. The zero-order valence-electron chi connectivity index (χ0n) is 11.2. The predicted octanol–water partition coefficient (Wildman–Crippen LogP) is 2.42. The molecule has 1 aromatic rings. The summed E-state index contributed by atoms with van der Waals surface area (Å²) in [4.78, 5) is 12.1. The molecular formula is C15H18ClFN2O. The van der Waals surface area contributed by atoms with Crippen LogP contribution in [0.5, 0.6) is 0 Å². The van der Waals surface area contributed by atoms with E-state index < -0.39 is 5.82 Å². The van der Waals surface area contributed by atoms with E-state index in [0.29, 0.717) is 17.1 Å². The molecule has 3 nitrogen and oxygen atoms in total. The van der Waals surface area contributed by atoms with Gasteiger partial charge in [-0.3, -0.25) is 4.79 Å². The summed E-state index contributed by atoms with van der Waals surface area (Å²) in [6.45, 7) is 0. The minimum atomic E-state index is -0.418. The molecule has 20 heavy (non-hydrogen) atoms. The van der Waals surface area contributed by atoms with E-state index >= 15 is 0 Å². The second-order valence-electron chi connectivity index (χ2n) is 5.75.